The number of rotatable bonds is 2. The molecule has 1 N–H and O–H groups in total. The Balaban J connectivity index is 2.60. The van der Waals surface area contributed by atoms with Gasteiger partial charge >= 0.3 is 0 Å². The van der Waals surface area contributed by atoms with Crippen molar-refractivity contribution < 1.29 is 9.50 Å². The molecule has 0 aliphatic heterocycles. The summed E-state index contributed by atoms with van der Waals surface area (Å²) < 4.78 is 15.4. The molecule has 1 atom stereocenters. The smallest absolute Gasteiger partial charge is 0.137 e. The molecule has 0 saturated heterocycles. The highest BCUT2D eigenvalue weighted by molar-refractivity contribution is 9.10. The second-order valence-corrected chi connectivity index (χ2v) is 6.81. The van der Waals surface area contributed by atoms with Gasteiger partial charge in [0.15, 0.2) is 0 Å². The summed E-state index contributed by atoms with van der Waals surface area (Å²) >= 11 is 3.35. The maximum Gasteiger partial charge on any atom is 0.137 e. The molecule has 0 fully saturated rings. The summed E-state index contributed by atoms with van der Waals surface area (Å²) in [7, 11) is 0. The first-order chi connectivity index (χ1) is 9.32. The molecule has 0 heterocycles. The van der Waals surface area contributed by atoms with Crippen LogP contribution in [0.4, 0.5) is 4.39 Å². The van der Waals surface area contributed by atoms with Gasteiger partial charge < -0.3 is 5.11 Å². The van der Waals surface area contributed by atoms with E-state index in [1.807, 2.05) is 51.1 Å². The Hall–Kier alpha value is -1.19. The van der Waals surface area contributed by atoms with Crippen molar-refractivity contribution in [2.75, 3.05) is 0 Å². The Morgan fingerprint density at radius 1 is 1.05 bits per heavy atom. The van der Waals surface area contributed by atoms with Gasteiger partial charge in [-0.25, -0.2) is 4.39 Å². The molecule has 0 bridgehead atoms. The van der Waals surface area contributed by atoms with Gasteiger partial charge in [-0.15, -0.1) is 0 Å². The third-order valence-corrected chi connectivity index (χ3v) is 4.00. The van der Waals surface area contributed by atoms with Gasteiger partial charge in [-0.2, -0.15) is 0 Å². The van der Waals surface area contributed by atoms with Crippen LogP contribution in [0.5, 0.6) is 0 Å². The molecule has 0 amide bonds. The summed E-state index contributed by atoms with van der Waals surface area (Å²) in [5.41, 5.74) is 1.20. The fourth-order valence-electron chi connectivity index (χ4n) is 2.09. The summed E-state index contributed by atoms with van der Waals surface area (Å²) in [6, 6.07) is 12.9. The van der Waals surface area contributed by atoms with Crippen molar-refractivity contribution in [1.29, 1.82) is 0 Å². The first-order valence-electron chi connectivity index (χ1n) is 6.53. The third-order valence-electron chi connectivity index (χ3n) is 3.31. The highest BCUT2D eigenvalue weighted by Gasteiger charge is 2.29. The SMILES string of the molecule is CC(C)(C)C(O)c1c(Br)ccc(-c2ccccc2)c1F. The molecule has 0 saturated carbocycles. The van der Waals surface area contributed by atoms with E-state index in [0.29, 0.717) is 15.6 Å². The van der Waals surface area contributed by atoms with E-state index >= 15 is 0 Å². The molecule has 0 aliphatic carbocycles. The third kappa shape index (κ3) is 2.94. The quantitative estimate of drug-likeness (QED) is 0.785. The van der Waals surface area contributed by atoms with Gasteiger partial charge in [0, 0.05) is 15.6 Å². The molecular weight excluding hydrogens is 319 g/mol. The van der Waals surface area contributed by atoms with E-state index in [9.17, 15) is 9.50 Å². The van der Waals surface area contributed by atoms with E-state index in [0.717, 1.165) is 5.56 Å². The number of aliphatic hydroxyl groups excluding tert-OH is 1. The van der Waals surface area contributed by atoms with Gasteiger partial charge in [-0.05, 0) is 17.0 Å². The maximum absolute atomic E-state index is 14.8. The van der Waals surface area contributed by atoms with Crippen LogP contribution < -0.4 is 0 Å². The van der Waals surface area contributed by atoms with Crippen molar-refractivity contribution in [3.05, 3.63) is 58.3 Å². The van der Waals surface area contributed by atoms with Gasteiger partial charge in [0.2, 0.25) is 0 Å². The first-order valence-corrected chi connectivity index (χ1v) is 7.33. The fourth-order valence-corrected chi connectivity index (χ4v) is 2.62. The average Bonchev–Trinajstić information content (AvgIpc) is 2.38. The zero-order valence-corrected chi connectivity index (χ0v) is 13.4. The van der Waals surface area contributed by atoms with Crippen LogP contribution in [0.25, 0.3) is 11.1 Å². The van der Waals surface area contributed by atoms with E-state index in [4.69, 9.17) is 0 Å². The zero-order valence-electron chi connectivity index (χ0n) is 11.8. The van der Waals surface area contributed by atoms with Crippen molar-refractivity contribution in [3.63, 3.8) is 0 Å². The lowest BCUT2D eigenvalue weighted by Crippen LogP contribution is -2.19. The zero-order chi connectivity index (χ0) is 14.9. The average molecular weight is 337 g/mol. The first kappa shape index (κ1) is 15.2. The lowest BCUT2D eigenvalue weighted by Gasteiger charge is -2.28. The highest BCUT2D eigenvalue weighted by Crippen LogP contribution is 2.40. The highest BCUT2D eigenvalue weighted by atomic mass is 79.9. The lowest BCUT2D eigenvalue weighted by atomic mass is 9.83. The Morgan fingerprint density at radius 2 is 1.65 bits per heavy atom. The van der Waals surface area contributed by atoms with Gasteiger partial charge in [0.25, 0.3) is 0 Å². The molecule has 0 radical (unpaired) electrons. The number of hydrogen-bond acceptors (Lipinski definition) is 1. The second kappa shape index (κ2) is 5.66. The molecule has 3 heteroatoms. The van der Waals surface area contributed by atoms with Crippen LogP contribution in [0.3, 0.4) is 0 Å². The molecule has 2 rings (SSSR count). The normalized spacial score (nSPS) is 13.3. The molecule has 0 spiro atoms. The Bertz CT molecular complexity index is 602. The molecular formula is C17H18BrFO. The molecule has 0 aliphatic rings. The number of halogens is 2. The van der Waals surface area contributed by atoms with Crippen LogP contribution >= 0.6 is 15.9 Å². The number of hydrogen-bond donors (Lipinski definition) is 1. The number of benzene rings is 2. The van der Waals surface area contributed by atoms with Crippen LogP contribution in [-0.4, -0.2) is 5.11 Å². The van der Waals surface area contributed by atoms with E-state index < -0.39 is 11.5 Å². The topological polar surface area (TPSA) is 20.2 Å². The van der Waals surface area contributed by atoms with E-state index in [1.165, 1.54) is 0 Å². The van der Waals surface area contributed by atoms with E-state index in [-0.39, 0.29) is 5.82 Å². The predicted molar refractivity (Wildman–Crippen MR) is 84.0 cm³/mol. The van der Waals surface area contributed by atoms with Gasteiger partial charge in [0.05, 0.1) is 6.10 Å². The Kier molecular flexibility index (Phi) is 4.31. The lowest BCUT2D eigenvalue weighted by molar-refractivity contribution is 0.0589. The van der Waals surface area contributed by atoms with Crippen molar-refractivity contribution in [2.24, 2.45) is 5.41 Å². The summed E-state index contributed by atoms with van der Waals surface area (Å²) in [5.74, 6) is -0.368. The molecule has 1 nitrogen and oxygen atoms in total. The maximum atomic E-state index is 14.8. The van der Waals surface area contributed by atoms with Gasteiger partial charge in [-0.3, -0.25) is 0 Å². The summed E-state index contributed by atoms with van der Waals surface area (Å²) in [6.45, 7) is 5.66. The number of aliphatic hydroxyl groups is 1. The van der Waals surface area contributed by atoms with E-state index in [2.05, 4.69) is 15.9 Å². The van der Waals surface area contributed by atoms with Crippen LogP contribution in [0.2, 0.25) is 0 Å². The standard InChI is InChI=1S/C17H18BrFO/c1-17(2,3)16(20)14-13(18)10-9-12(15(14)19)11-7-5-4-6-8-11/h4-10,16,20H,1-3H3. The minimum atomic E-state index is -0.875. The van der Waals surface area contributed by atoms with Gasteiger partial charge in [-0.1, -0.05) is 73.1 Å². The van der Waals surface area contributed by atoms with Crippen LogP contribution in [0.15, 0.2) is 46.9 Å². The van der Waals surface area contributed by atoms with Crippen molar-refractivity contribution >= 4 is 15.9 Å². The largest absolute Gasteiger partial charge is 0.388 e. The molecule has 0 aromatic heterocycles. The second-order valence-electron chi connectivity index (χ2n) is 5.96. The minimum Gasteiger partial charge on any atom is -0.388 e. The van der Waals surface area contributed by atoms with Crippen molar-refractivity contribution in [2.45, 2.75) is 26.9 Å². The van der Waals surface area contributed by atoms with Crippen molar-refractivity contribution in [3.8, 4) is 11.1 Å². The fraction of sp³-hybridized carbons (Fsp3) is 0.294. The van der Waals surface area contributed by atoms with Crippen LogP contribution in [-0.2, 0) is 0 Å². The van der Waals surface area contributed by atoms with Gasteiger partial charge in [0.1, 0.15) is 5.82 Å². The summed E-state index contributed by atoms with van der Waals surface area (Å²) in [4.78, 5) is 0. The molecule has 2 aromatic rings. The summed E-state index contributed by atoms with van der Waals surface area (Å²) in [5, 5.41) is 10.4. The van der Waals surface area contributed by atoms with Crippen LogP contribution in [0, 0.1) is 11.2 Å². The van der Waals surface area contributed by atoms with E-state index in [1.54, 1.807) is 12.1 Å². The minimum absolute atomic E-state index is 0.318. The molecule has 20 heavy (non-hydrogen) atoms. The molecule has 106 valence electrons. The Labute approximate surface area is 127 Å². The summed E-state index contributed by atoms with van der Waals surface area (Å²) in [6.07, 6.45) is -0.875. The monoisotopic (exact) mass is 336 g/mol. The predicted octanol–water partition coefficient (Wildman–Crippen LogP) is 5.33. The molecule has 2 aromatic carbocycles. The van der Waals surface area contributed by atoms with Crippen LogP contribution in [0.1, 0.15) is 32.4 Å². The molecule has 1 unspecified atom stereocenters. The Morgan fingerprint density at radius 3 is 2.20 bits per heavy atom. The van der Waals surface area contributed by atoms with Crippen molar-refractivity contribution in [1.82, 2.24) is 0 Å².